The molecular weight excluding hydrogens is 408 g/mol. The minimum absolute atomic E-state index is 0.129. The average molecular weight is 426 g/mol. The molecule has 1 aromatic heterocycles. The van der Waals surface area contributed by atoms with Crippen LogP contribution in [0.2, 0.25) is 5.02 Å². The van der Waals surface area contributed by atoms with Crippen molar-refractivity contribution in [3.63, 3.8) is 0 Å². The lowest BCUT2D eigenvalue weighted by atomic mass is 9.95. The molecule has 5 nitrogen and oxygen atoms in total. The van der Waals surface area contributed by atoms with E-state index in [1.54, 1.807) is 29.2 Å². The largest absolute Gasteiger partial charge is 0.339 e. The highest BCUT2D eigenvalue weighted by atomic mass is 35.5. The lowest BCUT2D eigenvalue weighted by Gasteiger charge is -2.31. The quantitative estimate of drug-likeness (QED) is 0.714. The fourth-order valence-corrected chi connectivity index (χ4v) is 3.60. The molecule has 2 amide bonds. The van der Waals surface area contributed by atoms with Crippen molar-refractivity contribution in [3.05, 3.63) is 53.2 Å². The Hall–Kier alpha value is -2.19. The van der Waals surface area contributed by atoms with Crippen molar-refractivity contribution in [1.29, 1.82) is 0 Å². The summed E-state index contributed by atoms with van der Waals surface area (Å²) < 4.78 is 24.7. The molecule has 3 rings (SSSR count). The minimum Gasteiger partial charge on any atom is -0.339 e. The van der Waals surface area contributed by atoms with Crippen LogP contribution in [-0.2, 0) is 4.79 Å². The zero-order valence-electron chi connectivity index (χ0n) is 14.8. The summed E-state index contributed by atoms with van der Waals surface area (Å²) in [6, 6.07) is 9.42. The van der Waals surface area contributed by atoms with E-state index in [0.717, 1.165) is 0 Å². The number of pyridine rings is 1. The number of benzene rings is 1. The maximum absolute atomic E-state index is 12.6. The second kappa shape index (κ2) is 9.34. The summed E-state index contributed by atoms with van der Waals surface area (Å²) in [5, 5.41) is 3.25. The Morgan fingerprint density at radius 3 is 2.39 bits per heavy atom. The van der Waals surface area contributed by atoms with Crippen molar-refractivity contribution < 1.29 is 18.4 Å². The molecule has 1 aliphatic heterocycles. The molecule has 2 heterocycles. The van der Waals surface area contributed by atoms with Gasteiger partial charge >= 0.3 is 0 Å². The van der Waals surface area contributed by atoms with Gasteiger partial charge in [0.1, 0.15) is 5.82 Å². The zero-order chi connectivity index (χ0) is 20.1. The van der Waals surface area contributed by atoms with Gasteiger partial charge in [0.05, 0.1) is 5.02 Å². The second-order valence-corrected chi connectivity index (χ2v) is 7.82. The zero-order valence-corrected chi connectivity index (χ0v) is 16.4. The number of aromatic nitrogens is 1. The molecule has 0 aliphatic carbocycles. The van der Waals surface area contributed by atoms with Crippen molar-refractivity contribution >= 4 is 41.0 Å². The highest BCUT2D eigenvalue weighted by Crippen LogP contribution is 2.26. The van der Waals surface area contributed by atoms with E-state index in [-0.39, 0.29) is 17.7 Å². The highest BCUT2D eigenvalue weighted by Gasteiger charge is 2.28. The van der Waals surface area contributed by atoms with Crippen LogP contribution in [0.3, 0.4) is 0 Å². The fraction of sp³-hybridized carbons (Fsp3) is 0.316. The summed E-state index contributed by atoms with van der Waals surface area (Å²) >= 11 is 6.22. The van der Waals surface area contributed by atoms with Gasteiger partial charge in [0.15, 0.2) is 0 Å². The smallest absolute Gasteiger partial charge is 0.288 e. The summed E-state index contributed by atoms with van der Waals surface area (Å²) in [4.78, 5) is 31.1. The Labute approximate surface area is 170 Å². The van der Waals surface area contributed by atoms with Gasteiger partial charge in [-0.3, -0.25) is 9.59 Å². The summed E-state index contributed by atoms with van der Waals surface area (Å²) in [5.41, 5.74) is 0.451. The van der Waals surface area contributed by atoms with E-state index in [1.165, 1.54) is 18.3 Å². The Bertz CT molecular complexity index is 826. The van der Waals surface area contributed by atoms with Crippen molar-refractivity contribution in [2.45, 2.75) is 23.5 Å². The number of carbonyl (C=O) groups excluding carboxylic acids is 2. The van der Waals surface area contributed by atoms with Gasteiger partial charge < -0.3 is 10.2 Å². The van der Waals surface area contributed by atoms with Crippen LogP contribution in [0.1, 0.15) is 23.2 Å². The second-order valence-electron chi connectivity index (χ2n) is 6.32. The third-order valence-electron chi connectivity index (χ3n) is 4.46. The van der Waals surface area contributed by atoms with E-state index in [4.69, 9.17) is 11.6 Å². The topological polar surface area (TPSA) is 62.3 Å². The van der Waals surface area contributed by atoms with Gasteiger partial charge in [0, 0.05) is 35.7 Å². The summed E-state index contributed by atoms with van der Waals surface area (Å²) in [7, 11) is 0. The van der Waals surface area contributed by atoms with E-state index in [9.17, 15) is 18.4 Å². The number of halogens is 3. The minimum atomic E-state index is -2.49. The first-order valence-corrected chi connectivity index (χ1v) is 9.94. The van der Waals surface area contributed by atoms with Gasteiger partial charge in [-0.1, -0.05) is 23.4 Å². The normalized spacial score (nSPS) is 14.9. The van der Waals surface area contributed by atoms with Crippen LogP contribution in [0.5, 0.6) is 0 Å². The maximum atomic E-state index is 12.6. The predicted octanol–water partition coefficient (Wildman–Crippen LogP) is 4.54. The predicted molar refractivity (Wildman–Crippen MR) is 105 cm³/mol. The fourth-order valence-electron chi connectivity index (χ4n) is 2.98. The number of nitrogens with one attached hydrogen (secondary N) is 1. The molecule has 1 N–H and O–H groups in total. The Morgan fingerprint density at radius 2 is 1.82 bits per heavy atom. The number of likely N-dealkylation sites (tertiary alicyclic amines) is 1. The van der Waals surface area contributed by atoms with Crippen LogP contribution >= 0.6 is 23.4 Å². The SMILES string of the molecule is O=C(Nc1ccc(Cl)cn1)C1CCN(C(=O)c2ccc(SC(F)F)cc2)CC1. The molecule has 9 heteroatoms. The molecule has 28 heavy (non-hydrogen) atoms. The van der Waals surface area contributed by atoms with Crippen LogP contribution in [0.25, 0.3) is 0 Å². The van der Waals surface area contributed by atoms with Crippen LogP contribution in [0.15, 0.2) is 47.5 Å². The summed E-state index contributed by atoms with van der Waals surface area (Å²) in [6.07, 6.45) is 2.55. The average Bonchev–Trinajstić information content (AvgIpc) is 2.69. The van der Waals surface area contributed by atoms with E-state index in [1.807, 2.05) is 0 Å². The number of carbonyl (C=O) groups is 2. The molecule has 1 fully saturated rings. The number of hydrogen-bond donors (Lipinski definition) is 1. The first-order chi connectivity index (χ1) is 13.4. The number of thioether (sulfide) groups is 1. The Morgan fingerprint density at radius 1 is 1.14 bits per heavy atom. The van der Waals surface area contributed by atoms with Gasteiger partial charge in [-0.05, 0) is 49.2 Å². The molecule has 0 atom stereocenters. The summed E-state index contributed by atoms with van der Waals surface area (Å²) in [5.74, 6) is -2.54. The molecule has 1 aromatic carbocycles. The monoisotopic (exact) mass is 425 g/mol. The number of piperidine rings is 1. The molecule has 148 valence electrons. The molecule has 1 aliphatic rings. The van der Waals surface area contributed by atoms with Crippen LogP contribution in [0.4, 0.5) is 14.6 Å². The molecule has 0 saturated carbocycles. The molecule has 2 aromatic rings. The van der Waals surface area contributed by atoms with Crippen LogP contribution in [-0.4, -0.2) is 40.5 Å². The van der Waals surface area contributed by atoms with Crippen molar-refractivity contribution in [2.24, 2.45) is 5.92 Å². The third kappa shape index (κ3) is 5.42. The van der Waals surface area contributed by atoms with Crippen LogP contribution in [0, 0.1) is 5.92 Å². The Balaban J connectivity index is 1.52. The highest BCUT2D eigenvalue weighted by molar-refractivity contribution is 7.99. The lowest BCUT2D eigenvalue weighted by Crippen LogP contribution is -2.41. The van der Waals surface area contributed by atoms with Gasteiger partial charge in [0.2, 0.25) is 5.91 Å². The number of hydrogen-bond acceptors (Lipinski definition) is 4. The number of anilines is 1. The van der Waals surface area contributed by atoms with E-state index < -0.39 is 5.76 Å². The third-order valence-corrected chi connectivity index (χ3v) is 5.40. The maximum Gasteiger partial charge on any atom is 0.288 e. The molecule has 0 spiro atoms. The van der Waals surface area contributed by atoms with Gasteiger partial charge in [-0.25, -0.2) is 4.98 Å². The van der Waals surface area contributed by atoms with Crippen molar-refractivity contribution in [3.8, 4) is 0 Å². The lowest BCUT2D eigenvalue weighted by molar-refractivity contribution is -0.121. The molecule has 0 radical (unpaired) electrons. The number of amides is 2. The van der Waals surface area contributed by atoms with Gasteiger partial charge in [0.25, 0.3) is 11.7 Å². The van der Waals surface area contributed by atoms with Crippen molar-refractivity contribution in [1.82, 2.24) is 9.88 Å². The van der Waals surface area contributed by atoms with E-state index >= 15 is 0 Å². The molecule has 1 saturated heterocycles. The number of nitrogens with zero attached hydrogens (tertiary/aromatic N) is 2. The molecule has 0 unspecified atom stereocenters. The molecule has 0 bridgehead atoms. The standard InChI is InChI=1S/C19H18ClF2N3O2S/c20-14-3-6-16(23-11-14)24-17(26)12-7-9-25(10-8-12)18(27)13-1-4-15(5-2-13)28-19(21)22/h1-6,11-12,19H,7-10H2,(H,23,24,26). The van der Waals surface area contributed by atoms with Gasteiger partial charge in [-0.2, -0.15) is 8.78 Å². The first kappa shape index (κ1) is 20.5. The molecular formula is C19H18ClF2N3O2S. The number of rotatable bonds is 5. The van der Waals surface area contributed by atoms with E-state index in [2.05, 4.69) is 10.3 Å². The van der Waals surface area contributed by atoms with Crippen molar-refractivity contribution in [2.75, 3.05) is 18.4 Å². The number of alkyl halides is 2. The Kier molecular flexibility index (Phi) is 6.85. The van der Waals surface area contributed by atoms with Gasteiger partial charge in [-0.15, -0.1) is 0 Å². The summed E-state index contributed by atoms with van der Waals surface area (Å²) in [6.45, 7) is 0.914. The first-order valence-electron chi connectivity index (χ1n) is 8.69. The van der Waals surface area contributed by atoms with Crippen LogP contribution < -0.4 is 5.32 Å². The van der Waals surface area contributed by atoms with E-state index in [0.29, 0.717) is 59.0 Å².